The summed E-state index contributed by atoms with van der Waals surface area (Å²) in [5.74, 6) is 0.103. The van der Waals surface area contributed by atoms with Crippen LogP contribution in [-0.4, -0.2) is 16.9 Å². The molecule has 19 heavy (non-hydrogen) atoms. The molecule has 1 aromatic heterocycles. The van der Waals surface area contributed by atoms with E-state index < -0.39 is 0 Å². The maximum absolute atomic E-state index is 11.6. The largest absolute Gasteiger partial charge is 0.358 e. The van der Waals surface area contributed by atoms with Gasteiger partial charge in [-0.1, -0.05) is 30.3 Å². The van der Waals surface area contributed by atoms with Gasteiger partial charge in [0, 0.05) is 23.9 Å². The molecule has 0 bridgehead atoms. The third kappa shape index (κ3) is 3.98. The highest BCUT2D eigenvalue weighted by Crippen LogP contribution is 2.18. The smallest absolute Gasteiger partial charge is 0.220 e. The molecule has 2 aromatic rings. The van der Waals surface area contributed by atoms with Crippen LogP contribution in [0.1, 0.15) is 26.0 Å². The second-order valence-electron chi connectivity index (χ2n) is 4.99. The zero-order valence-corrected chi connectivity index (χ0v) is 11.4. The summed E-state index contributed by atoms with van der Waals surface area (Å²) in [5.41, 5.74) is 3.36. The molecule has 100 valence electrons. The van der Waals surface area contributed by atoms with Crippen molar-refractivity contribution in [1.29, 1.82) is 0 Å². The number of carbonyl (C=O) groups excluding carboxylic acids is 1. The quantitative estimate of drug-likeness (QED) is 0.848. The third-order valence-electron chi connectivity index (χ3n) is 2.90. The molecular weight excluding hydrogens is 236 g/mol. The predicted molar refractivity (Wildman–Crippen MR) is 77.8 cm³/mol. The van der Waals surface area contributed by atoms with Gasteiger partial charge in [0.05, 0.1) is 0 Å². The fraction of sp³-hybridized carbons (Fsp3) is 0.312. The molecule has 0 saturated heterocycles. The Morgan fingerprint density at radius 2 is 1.89 bits per heavy atom. The molecule has 0 aliphatic rings. The number of aromatic amines is 1. The summed E-state index contributed by atoms with van der Waals surface area (Å²) >= 11 is 0. The molecule has 0 aliphatic heterocycles. The summed E-state index contributed by atoms with van der Waals surface area (Å²) in [5, 5.41) is 2.90. The van der Waals surface area contributed by atoms with Crippen molar-refractivity contribution in [3.8, 4) is 11.3 Å². The van der Waals surface area contributed by atoms with Gasteiger partial charge in [-0.05, 0) is 38.0 Å². The monoisotopic (exact) mass is 256 g/mol. The number of H-pyrrole nitrogens is 1. The second kappa shape index (κ2) is 6.23. The van der Waals surface area contributed by atoms with Crippen LogP contribution in [0.25, 0.3) is 11.3 Å². The van der Waals surface area contributed by atoms with Crippen LogP contribution < -0.4 is 5.32 Å². The van der Waals surface area contributed by atoms with E-state index in [-0.39, 0.29) is 11.9 Å². The van der Waals surface area contributed by atoms with Gasteiger partial charge in [0.15, 0.2) is 0 Å². The van der Waals surface area contributed by atoms with Crippen molar-refractivity contribution in [2.24, 2.45) is 0 Å². The molecule has 0 radical (unpaired) electrons. The number of benzene rings is 1. The minimum Gasteiger partial charge on any atom is -0.358 e. The van der Waals surface area contributed by atoms with Crippen molar-refractivity contribution in [3.05, 3.63) is 48.2 Å². The Hall–Kier alpha value is -2.03. The minimum atomic E-state index is 0.103. The van der Waals surface area contributed by atoms with E-state index in [4.69, 9.17) is 0 Å². The number of rotatable bonds is 5. The fourth-order valence-electron chi connectivity index (χ4n) is 2.01. The van der Waals surface area contributed by atoms with Crippen molar-refractivity contribution >= 4 is 5.91 Å². The van der Waals surface area contributed by atoms with E-state index in [0.717, 1.165) is 17.8 Å². The molecule has 3 heteroatoms. The molecular formula is C16H20N2O. The minimum absolute atomic E-state index is 0.103. The number of carbonyl (C=O) groups is 1. The Morgan fingerprint density at radius 3 is 2.58 bits per heavy atom. The molecule has 3 nitrogen and oxygen atoms in total. The summed E-state index contributed by atoms with van der Waals surface area (Å²) in [6.07, 6.45) is 1.26. The summed E-state index contributed by atoms with van der Waals surface area (Å²) in [6.45, 7) is 3.94. The first-order valence-electron chi connectivity index (χ1n) is 6.68. The van der Waals surface area contributed by atoms with Crippen molar-refractivity contribution < 1.29 is 4.79 Å². The van der Waals surface area contributed by atoms with E-state index in [9.17, 15) is 4.79 Å². The second-order valence-corrected chi connectivity index (χ2v) is 4.99. The van der Waals surface area contributed by atoms with Gasteiger partial charge in [-0.15, -0.1) is 0 Å². The lowest BCUT2D eigenvalue weighted by atomic mass is 10.2. The predicted octanol–water partition coefficient (Wildman–Crippen LogP) is 3.14. The van der Waals surface area contributed by atoms with Crippen LogP contribution in [0, 0.1) is 0 Å². The number of nitrogens with one attached hydrogen (secondary N) is 2. The van der Waals surface area contributed by atoms with Crippen molar-refractivity contribution in [3.63, 3.8) is 0 Å². The zero-order chi connectivity index (χ0) is 13.7. The van der Waals surface area contributed by atoms with Crippen molar-refractivity contribution in [1.82, 2.24) is 10.3 Å². The van der Waals surface area contributed by atoms with Gasteiger partial charge in [0.2, 0.25) is 5.91 Å². The summed E-state index contributed by atoms with van der Waals surface area (Å²) in [7, 11) is 0. The fourth-order valence-corrected chi connectivity index (χ4v) is 2.01. The molecule has 1 aromatic carbocycles. The molecule has 0 unspecified atom stereocenters. The number of aromatic nitrogens is 1. The molecule has 2 rings (SSSR count). The van der Waals surface area contributed by atoms with Gasteiger partial charge < -0.3 is 10.3 Å². The molecule has 1 heterocycles. The Balaban J connectivity index is 1.93. The van der Waals surface area contributed by atoms with E-state index in [2.05, 4.69) is 28.5 Å². The highest BCUT2D eigenvalue weighted by atomic mass is 16.1. The van der Waals surface area contributed by atoms with Crippen LogP contribution in [-0.2, 0) is 11.2 Å². The highest BCUT2D eigenvalue weighted by Gasteiger charge is 2.06. The van der Waals surface area contributed by atoms with Gasteiger partial charge in [0.1, 0.15) is 0 Å². The van der Waals surface area contributed by atoms with E-state index in [1.807, 2.05) is 38.1 Å². The Morgan fingerprint density at radius 1 is 1.16 bits per heavy atom. The average Bonchev–Trinajstić information content (AvgIpc) is 2.85. The maximum atomic E-state index is 11.6. The van der Waals surface area contributed by atoms with Gasteiger partial charge in [0.25, 0.3) is 0 Å². The van der Waals surface area contributed by atoms with Crippen LogP contribution in [0.5, 0.6) is 0 Å². The Labute approximate surface area is 114 Å². The molecule has 0 aliphatic carbocycles. The molecule has 1 amide bonds. The van der Waals surface area contributed by atoms with Gasteiger partial charge in [-0.2, -0.15) is 0 Å². The Bertz CT molecular complexity index is 529. The van der Waals surface area contributed by atoms with E-state index >= 15 is 0 Å². The van der Waals surface area contributed by atoms with Crippen LogP contribution in [0.3, 0.4) is 0 Å². The Kier molecular flexibility index (Phi) is 4.39. The highest BCUT2D eigenvalue weighted by molar-refractivity contribution is 5.76. The third-order valence-corrected chi connectivity index (χ3v) is 2.90. The summed E-state index contributed by atoms with van der Waals surface area (Å²) < 4.78 is 0. The lowest BCUT2D eigenvalue weighted by Gasteiger charge is -2.07. The number of aryl methyl sites for hydroxylation is 1. The lowest BCUT2D eigenvalue weighted by Crippen LogP contribution is -2.30. The summed E-state index contributed by atoms with van der Waals surface area (Å²) in [4.78, 5) is 14.9. The molecule has 0 atom stereocenters. The standard InChI is InChI=1S/C16H20N2O/c1-12(2)17-16(19)11-9-14-8-10-15(18-14)13-6-4-3-5-7-13/h3-8,10,12,18H,9,11H2,1-2H3,(H,17,19). The van der Waals surface area contributed by atoms with Gasteiger partial charge in [-0.3, -0.25) is 4.79 Å². The average molecular weight is 256 g/mol. The van der Waals surface area contributed by atoms with Crippen LogP contribution in [0.15, 0.2) is 42.5 Å². The number of hydrogen-bond acceptors (Lipinski definition) is 1. The van der Waals surface area contributed by atoms with E-state index in [0.29, 0.717) is 6.42 Å². The lowest BCUT2D eigenvalue weighted by molar-refractivity contribution is -0.121. The molecule has 2 N–H and O–H groups in total. The van der Waals surface area contributed by atoms with Crippen molar-refractivity contribution in [2.75, 3.05) is 0 Å². The maximum Gasteiger partial charge on any atom is 0.220 e. The van der Waals surface area contributed by atoms with Crippen LogP contribution >= 0.6 is 0 Å². The molecule has 0 spiro atoms. The number of hydrogen-bond donors (Lipinski definition) is 2. The first-order chi connectivity index (χ1) is 9.15. The van der Waals surface area contributed by atoms with E-state index in [1.54, 1.807) is 0 Å². The van der Waals surface area contributed by atoms with E-state index in [1.165, 1.54) is 5.56 Å². The van der Waals surface area contributed by atoms with Crippen LogP contribution in [0.4, 0.5) is 0 Å². The topological polar surface area (TPSA) is 44.9 Å². The first-order valence-corrected chi connectivity index (χ1v) is 6.68. The normalized spacial score (nSPS) is 10.7. The van der Waals surface area contributed by atoms with Gasteiger partial charge >= 0.3 is 0 Å². The van der Waals surface area contributed by atoms with Gasteiger partial charge in [-0.25, -0.2) is 0 Å². The van der Waals surface area contributed by atoms with Crippen molar-refractivity contribution in [2.45, 2.75) is 32.7 Å². The molecule has 0 saturated carbocycles. The number of amides is 1. The SMILES string of the molecule is CC(C)NC(=O)CCc1ccc(-c2ccccc2)[nH]1. The molecule has 0 fully saturated rings. The zero-order valence-electron chi connectivity index (χ0n) is 11.4. The summed E-state index contributed by atoms with van der Waals surface area (Å²) in [6, 6.07) is 14.5. The van der Waals surface area contributed by atoms with Crippen LogP contribution in [0.2, 0.25) is 0 Å². The first kappa shape index (κ1) is 13.4.